The topological polar surface area (TPSA) is 128 Å². The van der Waals surface area contributed by atoms with Gasteiger partial charge in [-0.3, -0.25) is 35.3 Å². The standard InChI is InChI=1S/C20H21N3O6/c24-18(21-22-20(26)16-9-4-10-17(14-16)23(27)28)11-12-19(25)29-13-5-8-15-6-2-1-3-7-15/h1-4,6-7,9-10,14H,5,8,11-13H2,(H,21,24)(H,22,26). The molecule has 0 saturated heterocycles. The van der Waals surface area contributed by atoms with E-state index in [4.69, 9.17) is 4.74 Å². The molecule has 0 fully saturated rings. The Morgan fingerprint density at radius 2 is 1.72 bits per heavy atom. The Labute approximate surface area is 167 Å². The predicted octanol–water partition coefficient (Wildman–Crippen LogP) is 2.31. The number of amides is 2. The van der Waals surface area contributed by atoms with Crippen molar-refractivity contribution < 1.29 is 24.0 Å². The molecule has 0 aliphatic carbocycles. The number of nitrogens with one attached hydrogen (secondary N) is 2. The maximum Gasteiger partial charge on any atom is 0.306 e. The fourth-order valence-electron chi connectivity index (χ4n) is 2.42. The van der Waals surface area contributed by atoms with Gasteiger partial charge in [-0.15, -0.1) is 0 Å². The molecule has 0 bridgehead atoms. The Morgan fingerprint density at radius 1 is 0.966 bits per heavy atom. The third-order valence-corrected chi connectivity index (χ3v) is 3.91. The number of benzene rings is 2. The van der Waals surface area contributed by atoms with Gasteiger partial charge < -0.3 is 4.74 Å². The molecule has 0 radical (unpaired) electrons. The summed E-state index contributed by atoms with van der Waals surface area (Å²) in [5.41, 5.74) is 5.25. The van der Waals surface area contributed by atoms with Gasteiger partial charge in [0.25, 0.3) is 11.6 Å². The average molecular weight is 399 g/mol. The van der Waals surface area contributed by atoms with Crippen LogP contribution in [-0.2, 0) is 20.7 Å². The molecule has 29 heavy (non-hydrogen) atoms. The zero-order chi connectivity index (χ0) is 21.1. The lowest BCUT2D eigenvalue weighted by molar-refractivity contribution is -0.384. The highest BCUT2D eigenvalue weighted by atomic mass is 16.6. The monoisotopic (exact) mass is 399 g/mol. The molecule has 2 amide bonds. The van der Waals surface area contributed by atoms with Crippen LogP contribution in [0.1, 0.15) is 35.2 Å². The predicted molar refractivity (Wildman–Crippen MR) is 104 cm³/mol. The van der Waals surface area contributed by atoms with Crippen LogP contribution in [0.25, 0.3) is 0 Å². The molecule has 2 aromatic carbocycles. The first kappa shape index (κ1) is 21.5. The minimum Gasteiger partial charge on any atom is -0.466 e. The first-order valence-electron chi connectivity index (χ1n) is 8.99. The number of hydrazine groups is 1. The van der Waals surface area contributed by atoms with E-state index in [1.54, 1.807) is 0 Å². The molecular formula is C20H21N3O6. The molecule has 0 atom stereocenters. The number of rotatable bonds is 9. The van der Waals surface area contributed by atoms with Crippen molar-refractivity contribution in [2.45, 2.75) is 25.7 Å². The molecule has 0 saturated carbocycles. The Kier molecular flexibility index (Phi) is 8.30. The van der Waals surface area contributed by atoms with Crippen molar-refractivity contribution in [1.29, 1.82) is 0 Å². The van der Waals surface area contributed by atoms with Crippen molar-refractivity contribution in [3.8, 4) is 0 Å². The Morgan fingerprint density at radius 3 is 2.45 bits per heavy atom. The molecule has 152 valence electrons. The molecule has 0 unspecified atom stereocenters. The van der Waals surface area contributed by atoms with Crippen LogP contribution in [0.5, 0.6) is 0 Å². The minimum atomic E-state index is -0.703. The SMILES string of the molecule is O=C(CCC(=O)OCCCc1ccccc1)NNC(=O)c1cccc([N+](=O)[O-])c1. The molecule has 9 nitrogen and oxygen atoms in total. The van der Waals surface area contributed by atoms with Gasteiger partial charge in [0.15, 0.2) is 0 Å². The van der Waals surface area contributed by atoms with E-state index < -0.39 is 22.7 Å². The molecule has 0 heterocycles. The highest BCUT2D eigenvalue weighted by Gasteiger charge is 2.13. The highest BCUT2D eigenvalue weighted by Crippen LogP contribution is 2.12. The van der Waals surface area contributed by atoms with E-state index in [0.29, 0.717) is 6.42 Å². The number of nitrogens with zero attached hydrogens (tertiary/aromatic N) is 1. The lowest BCUT2D eigenvalue weighted by atomic mass is 10.1. The van der Waals surface area contributed by atoms with Crippen LogP contribution < -0.4 is 10.9 Å². The van der Waals surface area contributed by atoms with Gasteiger partial charge in [0.05, 0.1) is 18.0 Å². The van der Waals surface area contributed by atoms with Crippen molar-refractivity contribution in [1.82, 2.24) is 10.9 Å². The van der Waals surface area contributed by atoms with Crippen molar-refractivity contribution in [2.24, 2.45) is 0 Å². The highest BCUT2D eigenvalue weighted by molar-refractivity contribution is 5.96. The van der Waals surface area contributed by atoms with Crippen LogP contribution >= 0.6 is 0 Å². The number of hydrogen-bond acceptors (Lipinski definition) is 6. The van der Waals surface area contributed by atoms with Gasteiger partial charge >= 0.3 is 5.97 Å². The van der Waals surface area contributed by atoms with Gasteiger partial charge in [0, 0.05) is 24.1 Å². The third-order valence-electron chi connectivity index (χ3n) is 3.91. The molecule has 0 aliphatic rings. The molecule has 2 aromatic rings. The molecule has 0 aliphatic heterocycles. The number of carbonyl (C=O) groups excluding carboxylic acids is 3. The van der Waals surface area contributed by atoms with E-state index in [-0.39, 0.29) is 30.7 Å². The molecule has 9 heteroatoms. The van der Waals surface area contributed by atoms with Gasteiger partial charge in [0.2, 0.25) is 5.91 Å². The quantitative estimate of drug-likeness (QED) is 0.288. The summed E-state index contributed by atoms with van der Waals surface area (Å²) in [6.07, 6.45) is 1.19. The number of ether oxygens (including phenoxy) is 1. The van der Waals surface area contributed by atoms with E-state index in [2.05, 4.69) is 10.9 Å². The summed E-state index contributed by atoms with van der Waals surface area (Å²) in [5.74, 6) is -1.78. The fraction of sp³-hybridized carbons (Fsp3) is 0.250. The number of nitro groups is 1. The number of carbonyl (C=O) groups is 3. The smallest absolute Gasteiger partial charge is 0.306 e. The van der Waals surface area contributed by atoms with Crippen molar-refractivity contribution in [3.63, 3.8) is 0 Å². The second kappa shape index (κ2) is 11.2. The first-order valence-corrected chi connectivity index (χ1v) is 8.99. The molecule has 0 spiro atoms. The normalized spacial score (nSPS) is 10.1. The summed E-state index contributed by atoms with van der Waals surface area (Å²) in [6.45, 7) is 0.263. The van der Waals surface area contributed by atoms with Gasteiger partial charge in [-0.1, -0.05) is 36.4 Å². The Hall–Kier alpha value is -3.75. The zero-order valence-electron chi connectivity index (χ0n) is 15.6. The first-order chi connectivity index (χ1) is 14.0. The summed E-state index contributed by atoms with van der Waals surface area (Å²) in [5, 5.41) is 10.7. The Bertz CT molecular complexity index is 870. The van der Waals surface area contributed by atoms with E-state index in [1.807, 2.05) is 30.3 Å². The van der Waals surface area contributed by atoms with Gasteiger partial charge in [0.1, 0.15) is 0 Å². The zero-order valence-corrected chi connectivity index (χ0v) is 15.6. The molecular weight excluding hydrogens is 378 g/mol. The number of aryl methyl sites for hydroxylation is 1. The van der Waals surface area contributed by atoms with Crippen LogP contribution in [0.2, 0.25) is 0 Å². The lowest BCUT2D eigenvalue weighted by Crippen LogP contribution is -2.41. The van der Waals surface area contributed by atoms with E-state index in [9.17, 15) is 24.5 Å². The van der Waals surface area contributed by atoms with E-state index in [1.165, 1.54) is 18.2 Å². The van der Waals surface area contributed by atoms with Crippen LogP contribution in [0, 0.1) is 10.1 Å². The van der Waals surface area contributed by atoms with Gasteiger partial charge in [-0.2, -0.15) is 0 Å². The van der Waals surface area contributed by atoms with E-state index >= 15 is 0 Å². The second-order valence-electron chi connectivity index (χ2n) is 6.12. The molecule has 2 N–H and O–H groups in total. The summed E-state index contributed by atoms with van der Waals surface area (Å²) in [4.78, 5) is 45.4. The van der Waals surface area contributed by atoms with Crippen molar-refractivity contribution in [3.05, 3.63) is 75.8 Å². The van der Waals surface area contributed by atoms with Crippen LogP contribution in [-0.4, -0.2) is 29.3 Å². The number of nitro benzene ring substituents is 1. The van der Waals surface area contributed by atoms with Crippen molar-refractivity contribution in [2.75, 3.05) is 6.61 Å². The lowest BCUT2D eigenvalue weighted by Gasteiger charge is -2.08. The largest absolute Gasteiger partial charge is 0.466 e. The Balaban J connectivity index is 1.62. The number of esters is 1. The van der Waals surface area contributed by atoms with Crippen molar-refractivity contribution >= 4 is 23.5 Å². The summed E-state index contributed by atoms with van der Waals surface area (Å²) in [6, 6.07) is 14.9. The summed E-state index contributed by atoms with van der Waals surface area (Å²) in [7, 11) is 0. The number of hydrogen-bond donors (Lipinski definition) is 2. The molecule has 2 rings (SSSR count). The maximum absolute atomic E-state index is 11.9. The van der Waals surface area contributed by atoms with Gasteiger partial charge in [-0.05, 0) is 24.5 Å². The third kappa shape index (κ3) is 7.79. The van der Waals surface area contributed by atoms with E-state index in [0.717, 1.165) is 18.1 Å². The number of non-ortho nitro benzene ring substituents is 1. The average Bonchev–Trinajstić information content (AvgIpc) is 2.74. The van der Waals surface area contributed by atoms with Crippen LogP contribution in [0.4, 0.5) is 5.69 Å². The van der Waals surface area contributed by atoms with Gasteiger partial charge in [-0.25, -0.2) is 0 Å². The molecule has 0 aromatic heterocycles. The fourth-order valence-corrected chi connectivity index (χ4v) is 2.42. The van der Waals surface area contributed by atoms with Crippen LogP contribution in [0.15, 0.2) is 54.6 Å². The minimum absolute atomic E-state index is 0.0253. The summed E-state index contributed by atoms with van der Waals surface area (Å²) < 4.78 is 5.07. The maximum atomic E-state index is 11.9. The summed E-state index contributed by atoms with van der Waals surface area (Å²) >= 11 is 0. The van der Waals surface area contributed by atoms with Crippen LogP contribution in [0.3, 0.4) is 0 Å². The second-order valence-corrected chi connectivity index (χ2v) is 6.12.